The van der Waals surface area contributed by atoms with Gasteiger partial charge in [-0.15, -0.1) is 0 Å². The fourth-order valence-corrected chi connectivity index (χ4v) is 12.2. The third-order valence-electron chi connectivity index (χ3n) is 19.4. The maximum Gasteiger partial charge on any atom is 0.326 e. The van der Waals surface area contributed by atoms with Crippen LogP contribution in [0.15, 0.2) is 91.0 Å². The SMILES string of the molecule is CC(=O)N[C@@H](CC(=O)O)C(=O)N[C@@H](CCC(=O)O)C(=O)N[C@H](C(=O)N[C@@H](CC(=O)O)C(=O)C(=O)CNC(=O)c1ccccc1)C(C)C.CC(=O)N[C@@H](CC(=O)O)C(=O)N[C@@H](CCC(=O)O)C(=O)N[C@H](C(=O)N[C@@H](CC(=O)O)C(=O)O)C(C)C.CC(=O)N[C@@H](CC(=O)O)C(=O)N[C@@H](CCC(=O)O)C(=O)N[C@H](C(=O)N[C@@H](CC(=O)O)C(=O)O)C(C)C.O=C(CNC(=O)CCc1ccccc1)CNC(=O)CCc1ccccc1. The molecule has 15 amide bonds. The fourth-order valence-electron chi connectivity index (χ4n) is 12.2. The van der Waals surface area contributed by atoms with Gasteiger partial charge in [-0.25, -0.2) is 9.59 Å². The zero-order valence-corrected chi connectivity index (χ0v) is 80.0. The number of Topliss-reactive ketones (excluding diaryl/α,β-unsaturated/α-hetero) is 3. The zero-order valence-electron chi connectivity index (χ0n) is 80.0. The molecule has 3 aromatic rings. The fraction of sp³-hybridized carbons (Fsp3) is 0.478. The van der Waals surface area contributed by atoms with Crippen LogP contribution in [0.5, 0.6) is 0 Å². The molecule has 0 aromatic heterocycles. The molecule has 3 rings (SSSR count). The number of ketones is 3. The van der Waals surface area contributed by atoms with Crippen molar-refractivity contribution in [2.24, 2.45) is 17.8 Å². The van der Waals surface area contributed by atoms with Crippen molar-refractivity contribution in [3.63, 3.8) is 0 Å². The van der Waals surface area contributed by atoms with E-state index >= 15 is 0 Å². The Morgan fingerprint density at radius 1 is 0.248 bits per heavy atom. The summed E-state index contributed by atoms with van der Waals surface area (Å²) in [5.41, 5.74) is 2.35. The summed E-state index contributed by atoms with van der Waals surface area (Å²) in [5, 5.41) is 132. The minimum absolute atomic E-state index is 0.0629. The molecule has 0 saturated carbocycles. The van der Waals surface area contributed by atoms with E-state index in [1.807, 2.05) is 71.3 Å². The molecular formula is C90H121N15O40. The van der Waals surface area contributed by atoms with Crippen molar-refractivity contribution in [1.29, 1.82) is 0 Å². The Kier molecular flexibility index (Phi) is 59.3. The molecule has 0 bridgehead atoms. The highest BCUT2D eigenvalue weighted by Crippen LogP contribution is 2.15. The van der Waals surface area contributed by atoms with E-state index in [2.05, 4.69) is 69.1 Å². The average molecular weight is 2050 g/mol. The van der Waals surface area contributed by atoms with Gasteiger partial charge in [-0.2, -0.15) is 0 Å². The molecule has 3 aromatic carbocycles. The average Bonchev–Trinajstić information content (AvgIpc) is 0.849. The Morgan fingerprint density at radius 2 is 0.490 bits per heavy atom. The molecule has 55 heteroatoms. The number of carboxylic acids is 11. The molecule has 26 N–H and O–H groups in total. The summed E-state index contributed by atoms with van der Waals surface area (Å²) in [7, 11) is 0. The number of hydrogen-bond acceptors (Lipinski definition) is 29. The molecule has 0 aliphatic rings. The summed E-state index contributed by atoms with van der Waals surface area (Å²) in [6.45, 7) is 10.9. The van der Waals surface area contributed by atoms with E-state index in [1.54, 1.807) is 18.2 Å². The van der Waals surface area contributed by atoms with Crippen LogP contribution < -0.4 is 79.8 Å². The van der Waals surface area contributed by atoms with Crippen molar-refractivity contribution in [3.05, 3.63) is 108 Å². The highest BCUT2D eigenvalue weighted by Gasteiger charge is 2.40. The molecule has 0 saturated heterocycles. The summed E-state index contributed by atoms with van der Waals surface area (Å²) in [5.74, 6) is -34.1. The smallest absolute Gasteiger partial charge is 0.326 e. The van der Waals surface area contributed by atoms with Gasteiger partial charge in [-0.05, 0) is 73.1 Å². The molecule has 0 unspecified atom stereocenters. The Morgan fingerprint density at radius 3 is 0.738 bits per heavy atom. The first-order valence-corrected chi connectivity index (χ1v) is 44.1. The lowest BCUT2D eigenvalue weighted by Gasteiger charge is -2.27. The van der Waals surface area contributed by atoms with Crippen LogP contribution in [0.3, 0.4) is 0 Å². The van der Waals surface area contributed by atoms with E-state index in [9.17, 15) is 144 Å². The number of amides is 15. The molecule has 0 spiro atoms. The van der Waals surface area contributed by atoms with Gasteiger partial charge < -0.3 is 136 Å². The number of hydrogen-bond donors (Lipinski definition) is 26. The molecule has 0 aliphatic heterocycles. The minimum atomic E-state index is -1.91. The van der Waals surface area contributed by atoms with Crippen molar-refractivity contribution in [2.45, 2.75) is 238 Å². The van der Waals surface area contributed by atoms with Crippen molar-refractivity contribution in [1.82, 2.24) is 79.8 Å². The molecule has 12 atom stereocenters. The van der Waals surface area contributed by atoms with Crippen LogP contribution in [-0.2, 0) is 147 Å². The Labute approximate surface area is 826 Å². The highest BCUT2D eigenvalue weighted by molar-refractivity contribution is 6.41. The summed E-state index contributed by atoms with van der Waals surface area (Å²) in [6.07, 6.45) is -6.87. The molecule has 0 radical (unpaired) electrons. The number of benzene rings is 3. The molecule has 0 fully saturated rings. The van der Waals surface area contributed by atoms with E-state index in [1.165, 1.54) is 53.7 Å². The Balaban J connectivity index is 0.00000194. The van der Waals surface area contributed by atoms with E-state index in [4.69, 9.17) is 51.1 Å². The largest absolute Gasteiger partial charge is 0.481 e. The molecular weight excluding hydrogens is 1930 g/mol. The number of rotatable bonds is 62. The summed E-state index contributed by atoms with van der Waals surface area (Å²) in [6, 6.07) is 7.61. The minimum Gasteiger partial charge on any atom is -0.481 e. The topological polar surface area (TPSA) is 898 Å². The van der Waals surface area contributed by atoms with Gasteiger partial charge in [-0.1, -0.05) is 120 Å². The van der Waals surface area contributed by atoms with Gasteiger partial charge in [0.15, 0.2) is 5.78 Å². The monoisotopic (exact) mass is 2050 g/mol. The summed E-state index contributed by atoms with van der Waals surface area (Å²) >= 11 is 0. The number of aliphatic carboxylic acids is 11. The lowest BCUT2D eigenvalue weighted by molar-refractivity contribution is -0.147. The van der Waals surface area contributed by atoms with Gasteiger partial charge in [0.1, 0.15) is 72.5 Å². The summed E-state index contributed by atoms with van der Waals surface area (Å²) in [4.78, 5) is 344. The maximum atomic E-state index is 13.2. The van der Waals surface area contributed by atoms with Gasteiger partial charge in [0.25, 0.3) is 5.91 Å². The predicted molar refractivity (Wildman–Crippen MR) is 493 cm³/mol. The van der Waals surface area contributed by atoms with Gasteiger partial charge in [0.05, 0.1) is 58.2 Å². The van der Waals surface area contributed by atoms with Crippen LogP contribution in [0, 0.1) is 17.8 Å². The zero-order chi connectivity index (χ0) is 111. The second-order valence-corrected chi connectivity index (χ2v) is 32.8. The number of carbonyl (C=O) groups is 29. The molecule has 0 aliphatic carbocycles. The van der Waals surface area contributed by atoms with Crippen LogP contribution in [-0.4, -0.2) is 320 Å². The lowest BCUT2D eigenvalue weighted by atomic mass is 9.99. The van der Waals surface area contributed by atoms with Crippen LogP contribution >= 0.6 is 0 Å². The standard InChI is InChI=1S/C29H37N5O13.C21H24N2O3.2C20H30N4O12/c1-14(2)24(34-27(45)17(9-10-21(37)38)32-28(46)19(12-23(41)42)31-15(3)35)29(47)33-18(11-22(39)40)25(43)20(36)13-30-26(44)16-7-5-4-6-8-16;24-19(15-22-20(25)13-11-17-7-3-1-4-8-17)16-23-21(26)14-12-18-9-5-2-6-10-18;2*1-8(2)16(19(34)23-12(20(35)36)7-15(30)31)24-17(32)10(4-5-13(26)27)22-18(33)11(6-14(28)29)21-9(3)25/h4-8,14,17-19,24H,9-13H2,1-3H3,(H,30,44)(H,31,35)(H,32,46)(H,33,47)(H,34,45)(H,37,38)(H,39,40)(H,41,42);1-10H,11-16H2,(H,22,25)(H,23,26);2*8,10-12,16H,4-7H2,1-3H3,(H,21,25)(H,22,33)(H,23,34)(H,24,32)(H,26,27)(H,28,29)(H,30,31)(H,35,36)/t17-,18-,19-,24-;;2*10-,11-,12-,16-/m0.00/s1. The highest BCUT2D eigenvalue weighted by atomic mass is 16.4. The summed E-state index contributed by atoms with van der Waals surface area (Å²) < 4.78 is 0. The normalized spacial score (nSPS) is 13.0. The van der Waals surface area contributed by atoms with E-state index in [-0.39, 0.29) is 36.3 Å². The second-order valence-electron chi connectivity index (χ2n) is 32.8. The van der Waals surface area contributed by atoms with Gasteiger partial charge in [-0.3, -0.25) is 129 Å². The Bertz CT molecular complexity index is 4840. The van der Waals surface area contributed by atoms with Crippen LogP contribution in [0.4, 0.5) is 0 Å². The van der Waals surface area contributed by atoms with Gasteiger partial charge >= 0.3 is 65.7 Å². The first-order valence-electron chi connectivity index (χ1n) is 44.1. The molecule has 0 heterocycles. The number of carboxylic acid groups (broad SMARTS) is 11. The number of nitrogens with one attached hydrogen (secondary N) is 15. The van der Waals surface area contributed by atoms with Crippen molar-refractivity contribution < 1.29 is 195 Å². The second kappa shape index (κ2) is 67.3. The van der Waals surface area contributed by atoms with E-state index < -0.39 is 328 Å². The van der Waals surface area contributed by atoms with Crippen LogP contribution in [0.25, 0.3) is 0 Å². The first-order chi connectivity index (χ1) is 67.6. The molecule has 145 heavy (non-hydrogen) atoms. The maximum absolute atomic E-state index is 13.2. The predicted octanol–water partition coefficient (Wildman–Crippen LogP) is -4.96. The quantitative estimate of drug-likeness (QED) is 0.0235. The van der Waals surface area contributed by atoms with Gasteiger partial charge in [0, 0.05) is 58.4 Å². The number of aryl methyl sites for hydroxylation is 2. The lowest BCUT2D eigenvalue weighted by Crippen LogP contribution is -2.59. The van der Waals surface area contributed by atoms with Crippen molar-refractivity contribution in [2.75, 3.05) is 19.6 Å². The third kappa shape index (κ3) is 56.7. The van der Waals surface area contributed by atoms with E-state index in [0.717, 1.165) is 31.9 Å². The van der Waals surface area contributed by atoms with Crippen molar-refractivity contribution >= 4 is 172 Å². The Hall–Kier alpha value is -17.1. The van der Waals surface area contributed by atoms with Gasteiger partial charge in [0.2, 0.25) is 94.3 Å². The van der Waals surface area contributed by atoms with E-state index in [0.29, 0.717) is 25.7 Å². The molecule has 796 valence electrons. The van der Waals surface area contributed by atoms with Crippen molar-refractivity contribution in [3.8, 4) is 0 Å². The molecule has 55 nitrogen and oxygen atoms in total. The number of carbonyl (C=O) groups excluding carboxylic acids is 18. The first kappa shape index (κ1) is 128. The van der Waals surface area contributed by atoms with Crippen LogP contribution in [0.1, 0.15) is 174 Å². The third-order valence-corrected chi connectivity index (χ3v) is 19.4. The van der Waals surface area contributed by atoms with Crippen LogP contribution in [0.2, 0.25) is 0 Å².